The molecular weight excluding hydrogens is 432 g/mol. The molecule has 0 saturated carbocycles. The minimum absolute atomic E-state index is 0.136. The van der Waals surface area contributed by atoms with E-state index in [9.17, 15) is 4.79 Å². The van der Waals surface area contributed by atoms with Gasteiger partial charge in [0.25, 0.3) is 5.91 Å². The number of nitrogens with zero attached hydrogens (tertiary/aromatic N) is 1. The molecule has 0 bridgehead atoms. The summed E-state index contributed by atoms with van der Waals surface area (Å²) in [4.78, 5) is 12.8. The second-order valence-corrected chi connectivity index (χ2v) is 8.70. The van der Waals surface area contributed by atoms with E-state index in [1.54, 1.807) is 13.2 Å². The van der Waals surface area contributed by atoms with E-state index in [1.165, 1.54) is 27.7 Å². The van der Waals surface area contributed by atoms with Crippen LogP contribution in [0.25, 0.3) is 10.9 Å². The number of carbonyl (C=O) groups excluding carboxylic acids is 1. The van der Waals surface area contributed by atoms with Gasteiger partial charge in [-0.3, -0.25) is 4.79 Å². The lowest BCUT2D eigenvalue weighted by atomic mass is 10.0. The minimum Gasteiger partial charge on any atom is -0.497 e. The summed E-state index contributed by atoms with van der Waals surface area (Å²) in [5.74, 6) is 1.24. The number of anilines is 1. The molecule has 0 fully saturated rings. The van der Waals surface area contributed by atoms with Gasteiger partial charge in [0.2, 0.25) is 0 Å². The van der Waals surface area contributed by atoms with E-state index in [2.05, 4.69) is 48.0 Å². The van der Waals surface area contributed by atoms with Crippen molar-refractivity contribution in [1.82, 2.24) is 4.57 Å². The number of alkyl halides is 1. The van der Waals surface area contributed by atoms with Gasteiger partial charge >= 0.3 is 0 Å². The molecule has 4 rings (SSSR count). The van der Waals surface area contributed by atoms with Crippen molar-refractivity contribution in [3.8, 4) is 5.75 Å². The van der Waals surface area contributed by atoms with Crippen LogP contribution in [0.5, 0.6) is 5.75 Å². The Morgan fingerprint density at radius 1 is 1.00 bits per heavy atom. The van der Waals surface area contributed by atoms with E-state index in [0.717, 1.165) is 24.9 Å². The second-order valence-electron chi connectivity index (χ2n) is 8.32. The highest BCUT2D eigenvalue weighted by molar-refractivity contribution is 6.17. The fraction of sp³-hybridized carbons (Fsp3) is 0.250. The number of fused-ring (bicyclic) bond motifs is 1. The van der Waals surface area contributed by atoms with Crippen molar-refractivity contribution in [2.45, 2.75) is 33.2 Å². The van der Waals surface area contributed by atoms with E-state index in [1.807, 2.05) is 36.4 Å². The molecule has 0 atom stereocenters. The molecule has 33 heavy (non-hydrogen) atoms. The zero-order valence-corrected chi connectivity index (χ0v) is 20.1. The molecule has 0 saturated heterocycles. The predicted molar refractivity (Wildman–Crippen MR) is 137 cm³/mol. The molecule has 5 heteroatoms. The van der Waals surface area contributed by atoms with E-state index in [0.29, 0.717) is 22.9 Å². The Morgan fingerprint density at radius 2 is 1.79 bits per heavy atom. The van der Waals surface area contributed by atoms with Gasteiger partial charge in [0.1, 0.15) is 5.75 Å². The van der Waals surface area contributed by atoms with Crippen molar-refractivity contribution in [2.75, 3.05) is 18.3 Å². The van der Waals surface area contributed by atoms with Gasteiger partial charge in [0, 0.05) is 46.3 Å². The van der Waals surface area contributed by atoms with Crippen molar-refractivity contribution >= 4 is 34.1 Å². The first kappa shape index (κ1) is 22.9. The number of aryl methyl sites for hydroxylation is 2. The maximum Gasteiger partial charge on any atom is 0.255 e. The second kappa shape index (κ2) is 10.1. The molecule has 170 valence electrons. The van der Waals surface area contributed by atoms with Gasteiger partial charge in [0.05, 0.1) is 7.11 Å². The van der Waals surface area contributed by atoms with Crippen LogP contribution in [0.3, 0.4) is 0 Å². The molecule has 3 aromatic carbocycles. The smallest absolute Gasteiger partial charge is 0.255 e. The third-order valence-electron chi connectivity index (χ3n) is 6.14. The number of nitrogens with one attached hydrogen (secondary N) is 1. The van der Waals surface area contributed by atoms with Gasteiger partial charge in [-0.15, -0.1) is 11.6 Å². The SMILES string of the molecule is COc1cccc(NC(=O)c2cccc(Cc3ccc4c(c3)c(C)c(C)n4CCCCl)c2)c1. The number of aromatic nitrogens is 1. The first-order valence-corrected chi connectivity index (χ1v) is 11.7. The summed E-state index contributed by atoms with van der Waals surface area (Å²) in [7, 11) is 1.61. The Balaban J connectivity index is 1.54. The molecule has 1 heterocycles. The van der Waals surface area contributed by atoms with Crippen molar-refractivity contribution in [2.24, 2.45) is 0 Å². The van der Waals surface area contributed by atoms with Crippen LogP contribution in [0, 0.1) is 13.8 Å². The largest absolute Gasteiger partial charge is 0.497 e. The number of ether oxygens (including phenoxy) is 1. The van der Waals surface area contributed by atoms with E-state index in [-0.39, 0.29) is 5.91 Å². The Hall–Kier alpha value is -3.24. The van der Waals surface area contributed by atoms with Crippen LogP contribution in [0.4, 0.5) is 5.69 Å². The Bertz CT molecular complexity index is 1290. The average Bonchev–Trinajstić information content (AvgIpc) is 3.07. The molecule has 1 N–H and O–H groups in total. The number of halogens is 1. The molecular formula is C28H29ClN2O2. The van der Waals surface area contributed by atoms with Gasteiger partial charge < -0.3 is 14.6 Å². The van der Waals surface area contributed by atoms with Crippen LogP contribution in [-0.2, 0) is 13.0 Å². The number of rotatable bonds is 8. The summed E-state index contributed by atoms with van der Waals surface area (Å²) in [5.41, 5.74) is 7.53. The van der Waals surface area contributed by atoms with Crippen molar-refractivity contribution in [3.05, 3.63) is 94.7 Å². The summed E-state index contributed by atoms with van der Waals surface area (Å²) in [6.45, 7) is 5.29. The van der Waals surface area contributed by atoms with Gasteiger partial charge in [-0.05, 0) is 79.8 Å². The summed E-state index contributed by atoms with van der Waals surface area (Å²) < 4.78 is 7.60. The summed E-state index contributed by atoms with van der Waals surface area (Å²) in [6, 6.07) is 21.8. The molecule has 0 unspecified atom stereocenters. The molecule has 1 amide bonds. The minimum atomic E-state index is -0.136. The molecule has 0 aliphatic carbocycles. The number of methoxy groups -OCH3 is 1. The van der Waals surface area contributed by atoms with Crippen LogP contribution in [0.2, 0.25) is 0 Å². The van der Waals surface area contributed by atoms with Crippen LogP contribution in [0.1, 0.15) is 39.2 Å². The number of carbonyl (C=O) groups is 1. The van der Waals surface area contributed by atoms with Crippen LogP contribution in [-0.4, -0.2) is 23.5 Å². The van der Waals surface area contributed by atoms with Gasteiger partial charge in [0.15, 0.2) is 0 Å². The fourth-order valence-corrected chi connectivity index (χ4v) is 4.39. The fourth-order valence-electron chi connectivity index (χ4n) is 4.28. The van der Waals surface area contributed by atoms with E-state index in [4.69, 9.17) is 16.3 Å². The molecule has 0 radical (unpaired) electrons. The summed E-state index contributed by atoms with van der Waals surface area (Å²) in [6.07, 6.45) is 1.72. The quantitative estimate of drug-likeness (QED) is 0.296. The topological polar surface area (TPSA) is 43.3 Å². The van der Waals surface area contributed by atoms with E-state index < -0.39 is 0 Å². The summed E-state index contributed by atoms with van der Waals surface area (Å²) in [5, 5.41) is 4.23. The molecule has 0 aliphatic rings. The zero-order valence-electron chi connectivity index (χ0n) is 19.3. The highest BCUT2D eigenvalue weighted by Crippen LogP contribution is 2.28. The normalized spacial score (nSPS) is 11.0. The zero-order chi connectivity index (χ0) is 23.4. The molecule has 4 nitrogen and oxygen atoms in total. The monoisotopic (exact) mass is 460 g/mol. The van der Waals surface area contributed by atoms with Gasteiger partial charge in [-0.1, -0.05) is 24.3 Å². The Labute approximate surface area is 200 Å². The number of hydrogen-bond acceptors (Lipinski definition) is 2. The van der Waals surface area contributed by atoms with Crippen LogP contribution in [0.15, 0.2) is 66.7 Å². The maximum absolute atomic E-state index is 12.8. The highest BCUT2D eigenvalue weighted by atomic mass is 35.5. The van der Waals surface area contributed by atoms with Crippen LogP contribution >= 0.6 is 11.6 Å². The Kier molecular flexibility index (Phi) is 7.05. The summed E-state index contributed by atoms with van der Waals surface area (Å²) >= 11 is 5.92. The van der Waals surface area contributed by atoms with Crippen LogP contribution < -0.4 is 10.1 Å². The lowest BCUT2D eigenvalue weighted by molar-refractivity contribution is 0.102. The first-order chi connectivity index (χ1) is 16.0. The third-order valence-corrected chi connectivity index (χ3v) is 6.41. The third kappa shape index (κ3) is 5.07. The molecule has 4 aromatic rings. The maximum atomic E-state index is 12.8. The molecule has 1 aromatic heterocycles. The van der Waals surface area contributed by atoms with Crippen molar-refractivity contribution in [3.63, 3.8) is 0 Å². The number of benzene rings is 3. The molecule has 0 aliphatic heterocycles. The van der Waals surface area contributed by atoms with Gasteiger partial charge in [-0.25, -0.2) is 0 Å². The van der Waals surface area contributed by atoms with E-state index >= 15 is 0 Å². The number of amides is 1. The number of hydrogen-bond donors (Lipinski definition) is 1. The average molecular weight is 461 g/mol. The Morgan fingerprint density at radius 3 is 2.58 bits per heavy atom. The predicted octanol–water partition coefficient (Wildman–Crippen LogP) is 6.74. The molecule has 0 spiro atoms. The van der Waals surface area contributed by atoms with Crippen molar-refractivity contribution < 1.29 is 9.53 Å². The van der Waals surface area contributed by atoms with Crippen molar-refractivity contribution in [1.29, 1.82) is 0 Å². The lowest BCUT2D eigenvalue weighted by Crippen LogP contribution is -2.12. The first-order valence-electron chi connectivity index (χ1n) is 11.2. The lowest BCUT2D eigenvalue weighted by Gasteiger charge is -2.09. The highest BCUT2D eigenvalue weighted by Gasteiger charge is 2.12. The standard InChI is InChI=1S/C28H29ClN2O2/c1-19-20(2)31(14-6-13-29)27-12-11-22(17-26(19)27)15-21-7-4-8-23(16-21)28(32)30-24-9-5-10-25(18-24)33-3/h4-5,7-12,16-18H,6,13-15H2,1-3H3,(H,30,32). The van der Waals surface area contributed by atoms with Gasteiger partial charge in [-0.2, -0.15) is 0 Å².